The molecule has 0 bridgehead atoms. The summed E-state index contributed by atoms with van der Waals surface area (Å²) in [5.41, 5.74) is 8.38. The summed E-state index contributed by atoms with van der Waals surface area (Å²) >= 11 is 0. The van der Waals surface area contributed by atoms with Gasteiger partial charge in [0.15, 0.2) is 0 Å². The average molecular weight is 175 g/mol. The van der Waals surface area contributed by atoms with Crippen molar-refractivity contribution in [3.63, 3.8) is 0 Å². The highest BCUT2D eigenvalue weighted by molar-refractivity contribution is 5.51. The monoisotopic (exact) mass is 175 g/mol. The maximum absolute atomic E-state index is 8.54. The lowest BCUT2D eigenvalue weighted by Crippen LogP contribution is -1.88. The van der Waals surface area contributed by atoms with Crippen molar-refractivity contribution in [2.45, 2.75) is 13.3 Å². The van der Waals surface area contributed by atoms with Gasteiger partial charge in [-0.25, -0.2) is 0 Å². The standard InChI is InChI=1S/C11H13NO/c1-9-5-6-11(12)8-10(9)4-2-3-7-13/h5-6,8,13H,3,7,12H2,1H3. The van der Waals surface area contributed by atoms with Crippen molar-refractivity contribution >= 4 is 5.69 Å². The van der Waals surface area contributed by atoms with Crippen molar-refractivity contribution < 1.29 is 5.11 Å². The number of aryl methyl sites for hydroxylation is 1. The number of benzene rings is 1. The molecule has 0 saturated carbocycles. The third-order valence-electron chi connectivity index (χ3n) is 1.72. The van der Waals surface area contributed by atoms with Gasteiger partial charge in [-0.3, -0.25) is 0 Å². The van der Waals surface area contributed by atoms with E-state index in [4.69, 9.17) is 10.8 Å². The van der Waals surface area contributed by atoms with Crippen molar-refractivity contribution in [1.29, 1.82) is 0 Å². The average Bonchev–Trinajstić information content (AvgIpc) is 2.11. The Hall–Kier alpha value is -1.46. The molecule has 0 unspecified atom stereocenters. The summed E-state index contributed by atoms with van der Waals surface area (Å²) in [6.07, 6.45) is 0.508. The lowest BCUT2D eigenvalue weighted by Gasteiger charge is -1.98. The Morgan fingerprint density at radius 2 is 2.23 bits per heavy atom. The molecule has 0 fully saturated rings. The minimum atomic E-state index is 0.106. The van der Waals surface area contributed by atoms with E-state index in [-0.39, 0.29) is 6.61 Å². The summed E-state index contributed by atoms with van der Waals surface area (Å²) in [6, 6.07) is 5.64. The van der Waals surface area contributed by atoms with Gasteiger partial charge in [0, 0.05) is 17.7 Å². The number of rotatable bonds is 1. The van der Waals surface area contributed by atoms with Crippen molar-refractivity contribution in [2.24, 2.45) is 0 Å². The minimum Gasteiger partial charge on any atom is -0.399 e. The fourth-order valence-corrected chi connectivity index (χ4v) is 0.988. The topological polar surface area (TPSA) is 46.2 Å². The van der Waals surface area contributed by atoms with Gasteiger partial charge in [-0.05, 0) is 24.6 Å². The normalized spacial score (nSPS) is 9.08. The zero-order chi connectivity index (χ0) is 9.68. The van der Waals surface area contributed by atoms with Crippen LogP contribution >= 0.6 is 0 Å². The predicted octanol–water partition coefficient (Wildman–Crippen LogP) is 1.31. The first-order valence-corrected chi connectivity index (χ1v) is 4.20. The third-order valence-corrected chi connectivity index (χ3v) is 1.72. The highest BCUT2D eigenvalue weighted by Gasteiger charge is 1.93. The molecule has 0 aromatic heterocycles. The second-order valence-corrected chi connectivity index (χ2v) is 2.85. The minimum absolute atomic E-state index is 0.106. The van der Waals surface area contributed by atoms with E-state index < -0.39 is 0 Å². The summed E-state index contributed by atoms with van der Waals surface area (Å²) < 4.78 is 0. The Bertz CT molecular complexity index is 347. The molecule has 1 rings (SSSR count). The van der Waals surface area contributed by atoms with E-state index in [1.165, 1.54) is 0 Å². The molecule has 0 atom stereocenters. The molecule has 3 N–H and O–H groups in total. The molecule has 0 aliphatic heterocycles. The van der Waals surface area contributed by atoms with Crippen LogP contribution in [0.15, 0.2) is 18.2 Å². The molecule has 1 aromatic rings. The van der Waals surface area contributed by atoms with Crippen LogP contribution in [-0.2, 0) is 0 Å². The fourth-order valence-electron chi connectivity index (χ4n) is 0.988. The second kappa shape index (κ2) is 4.54. The van der Waals surface area contributed by atoms with Gasteiger partial charge in [0.05, 0.1) is 6.61 Å². The summed E-state index contributed by atoms with van der Waals surface area (Å²) in [5, 5.41) is 8.54. The number of anilines is 1. The number of aliphatic hydroxyl groups excluding tert-OH is 1. The number of nitrogen functional groups attached to an aromatic ring is 1. The van der Waals surface area contributed by atoms with Gasteiger partial charge in [0.25, 0.3) is 0 Å². The smallest absolute Gasteiger partial charge is 0.0540 e. The highest BCUT2D eigenvalue weighted by atomic mass is 16.2. The largest absolute Gasteiger partial charge is 0.399 e. The molecule has 2 heteroatoms. The van der Waals surface area contributed by atoms with Crippen LogP contribution in [0.3, 0.4) is 0 Å². The molecule has 0 amide bonds. The molecule has 2 nitrogen and oxygen atoms in total. The summed E-state index contributed by atoms with van der Waals surface area (Å²) in [6.45, 7) is 2.09. The quantitative estimate of drug-likeness (QED) is 0.499. The molecule has 13 heavy (non-hydrogen) atoms. The van der Waals surface area contributed by atoms with Crippen molar-refractivity contribution in [3.05, 3.63) is 29.3 Å². The van der Waals surface area contributed by atoms with E-state index in [1.807, 2.05) is 25.1 Å². The maximum Gasteiger partial charge on any atom is 0.0540 e. The molecule has 0 spiro atoms. The molecular weight excluding hydrogens is 162 g/mol. The van der Waals surface area contributed by atoms with E-state index in [0.717, 1.165) is 16.8 Å². The van der Waals surface area contributed by atoms with Gasteiger partial charge in [-0.15, -0.1) is 0 Å². The molecule has 0 heterocycles. The van der Waals surface area contributed by atoms with Crippen molar-refractivity contribution in [3.8, 4) is 11.8 Å². The Labute approximate surface area is 78.4 Å². The second-order valence-electron chi connectivity index (χ2n) is 2.85. The number of hydrogen-bond donors (Lipinski definition) is 2. The first-order valence-electron chi connectivity index (χ1n) is 4.20. The SMILES string of the molecule is Cc1ccc(N)cc1C#CCCO. The van der Waals surface area contributed by atoms with Crippen LogP contribution in [0.1, 0.15) is 17.5 Å². The van der Waals surface area contributed by atoms with E-state index in [9.17, 15) is 0 Å². The van der Waals surface area contributed by atoms with Crippen LogP contribution in [0.5, 0.6) is 0 Å². The van der Waals surface area contributed by atoms with E-state index in [0.29, 0.717) is 6.42 Å². The van der Waals surface area contributed by atoms with Gasteiger partial charge >= 0.3 is 0 Å². The van der Waals surface area contributed by atoms with Gasteiger partial charge in [0.1, 0.15) is 0 Å². The van der Waals surface area contributed by atoms with Gasteiger partial charge < -0.3 is 10.8 Å². The van der Waals surface area contributed by atoms with Crippen LogP contribution in [-0.4, -0.2) is 11.7 Å². The van der Waals surface area contributed by atoms with Gasteiger partial charge in [-0.1, -0.05) is 17.9 Å². The number of hydrogen-bond acceptors (Lipinski definition) is 2. The highest BCUT2D eigenvalue weighted by Crippen LogP contribution is 2.10. The van der Waals surface area contributed by atoms with Crippen LogP contribution in [0.4, 0.5) is 5.69 Å². The van der Waals surface area contributed by atoms with Crippen LogP contribution in [0.25, 0.3) is 0 Å². The summed E-state index contributed by atoms with van der Waals surface area (Å²) in [4.78, 5) is 0. The van der Waals surface area contributed by atoms with E-state index >= 15 is 0 Å². The van der Waals surface area contributed by atoms with E-state index in [2.05, 4.69) is 11.8 Å². The van der Waals surface area contributed by atoms with Crippen molar-refractivity contribution in [2.75, 3.05) is 12.3 Å². The first kappa shape index (κ1) is 9.63. The summed E-state index contributed by atoms with van der Waals surface area (Å²) in [5.74, 6) is 5.83. The zero-order valence-electron chi connectivity index (χ0n) is 7.67. The molecule has 0 saturated heterocycles. The number of aliphatic hydroxyl groups is 1. The Morgan fingerprint density at radius 3 is 2.92 bits per heavy atom. The summed E-state index contributed by atoms with van der Waals surface area (Å²) in [7, 11) is 0. The van der Waals surface area contributed by atoms with Crippen LogP contribution in [0, 0.1) is 18.8 Å². The predicted molar refractivity (Wildman–Crippen MR) is 54.2 cm³/mol. The van der Waals surface area contributed by atoms with Gasteiger partial charge in [0.2, 0.25) is 0 Å². The lowest BCUT2D eigenvalue weighted by molar-refractivity contribution is 0.305. The molecule has 0 radical (unpaired) electrons. The molecule has 68 valence electrons. The Balaban J connectivity index is 2.89. The van der Waals surface area contributed by atoms with Crippen LogP contribution in [0.2, 0.25) is 0 Å². The fraction of sp³-hybridized carbons (Fsp3) is 0.273. The van der Waals surface area contributed by atoms with Gasteiger partial charge in [-0.2, -0.15) is 0 Å². The molecule has 1 aromatic carbocycles. The van der Waals surface area contributed by atoms with E-state index in [1.54, 1.807) is 0 Å². The maximum atomic E-state index is 8.54. The zero-order valence-corrected chi connectivity index (χ0v) is 7.67. The lowest BCUT2D eigenvalue weighted by atomic mass is 10.1. The third kappa shape index (κ3) is 2.81. The Morgan fingerprint density at radius 1 is 1.46 bits per heavy atom. The van der Waals surface area contributed by atoms with Crippen LogP contribution < -0.4 is 5.73 Å². The number of nitrogens with two attached hydrogens (primary N) is 1. The first-order chi connectivity index (χ1) is 6.24. The Kier molecular flexibility index (Phi) is 3.36. The molecule has 0 aliphatic rings. The molecular formula is C11H13NO. The van der Waals surface area contributed by atoms with Crippen molar-refractivity contribution in [1.82, 2.24) is 0 Å². The molecule has 0 aliphatic carbocycles.